The molecule has 0 atom stereocenters. The van der Waals surface area contributed by atoms with Crippen molar-refractivity contribution in [3.63, 3.8) is 0 Å². The molecule has 0 aliphatic carbocycles. The van der Waals surface area contributed by atoms with Gasteiger partial charge in [-0.05, 0) is 48.7 Å². The predicted molar refractivity (Wildman–Crippen MR) is 99.5 cm³/mol. The van der Waals surface area contributed by atoms with Crippen LogP contribution in [0.1, 0.15) is 25.1 Å². The molecule has 0 radical (unpaired) electrons. The highest BCUT2D eigenvalue weighted by molar-refractivity contribution is 7.89. The molecule has 8 heteroatoms. The Morgan fingerprint density at radius 2 is 1.85 bits per heavy atom. The molecule has 7 nitrogen and oxygen atoms in total. The Morgan fingerprint density at radius 3 is 2.46 bits per heavy atom. The summed E-state index contributed by atoms with van der Waals surface area (Å²) in [6.07, 6.45) is 1.50. The van der Waals surface area contributed by atoms with Crippen LogP contribution in [0.4, 0.5) is 0 Å². The van der Waals surface area contributed by atoms with Crippen LogP contribution in [0.3, 0.4) is 0 Å². The first-order valence-corrected chi connectivity index (χ1v) is 9.60. The third kappa shape index (κ3) is 3.82. The summed E-state index contributed by atoms with van der Waals surface area (Å²) in [6, 6.07) is 14.6. The second kappa shape index (κ2) is 6.99. The zero-order chi connectivity index (χ0) is 18.8. The summed E-state index contributed by atoms with van der Waals surface area (Å²) in [5, 5.41) is 10.2. The average Bonchev–Trinajstić information content (AvgIpc) is 3.17. The number of H-pyrrole nitrogens is 1. The molecule has 1 aromatic heterocycles. The number of nitrogens with zero attached hydrogens (tertiary/aromatic N) is 2. The second-order valence-electron chi connectivity index (χ2n) is 6.51. The standard InChI is InChI=1S/C18H21N5O2S/c1-18(2,17-12-20-23-21-17)22-26(24,25)16-8-6-14(7-9-16)15-5-3-4-13(10-15)11-19/h3-10,12,22H,11,19H2,1-2H3,(H,20,21,23). The molecule has 136 valence electrons. The molecule has 26 heavy (non-hydrogen) atoms. The number of nitrogens with one attached hydrogen (secondary N) is 2. The highest BCUT2D eigenvalue weighted by Crippen LogP contribution is 2.24. The molecule has 0 aliphatic rings. The van der Waals surface area contributed by atoms with Gasteiger partial charge in [-0.15, -0.1) is 0 Å². The zero-order valence-electron chi connectivity index (χ0n) is 14.6. The van der Waals surface area contributed by atoms with Crippen molar-refractivity contribution in [3.05, 3.63) is 66.0 Å². The van der Waals surface area contributed by atoms with E-state index in [4.69, 9.17) is 5.73 Å². The minimum Gasteiger partial charge on any atom is -0.326 e. The number of benzene rings is 2. The van der Waals surface area contributed by atoms with Crippen molar-refractivity contribution in [3.8, 4) is 11.1 Å². The molecule has 0 bridgehead atoms. The topological polar surface area (TPSA) is 114 Å². The van der Waals surface area contributed by atoms with Gasteiger partial charge in [-0.1, -0.05) is 30.3 Å². The summed E-state index contributed by atoms with van der Waals surface area (Å²) in [6.45, 7) is 3.92. The summed E-state index contributed by atoms with van der Waals surface area (Å²) in [5.74, 6) is 0. The van der Waals surface area contributed by atoms with E-state index >= 15 is 0 Å². The zero-order valence-corrected chi connectivity index (χ0v) is 15.4. The van der Waals surface area contributed by atoms with E-state index in [9.17, 15) is 8.42 Å². The van der Waals surface area contributed by atoms with Gasteiger partial charge in [0.05, 0.1) is 16.6 Å². The predicted octanol–water partition coefficient (Wildman–Crippen LogP) is 2.14. The minimum atomic E-state index is -3.71. The largest absolute Gasteiger partial charge is 0.326 e. The van der Waals surface area contributed by atoms with Crippen LogP contribution in [0.5, 0.6) is 0 Å². The molecule has 0 amide bonds. The first kappa shape index (κ1) is 18.2. The lowest BCUT2D eigenvalue weighted by molar-refractivity contribution is 0.459. The van der Waals surface area contributed by atoms with Crippen LogP contribution >= 0.6 is 0 Å². The van der Waals surface area contributed by atoms with E-state index in [2.05, 4.69) is 20.1 Å². The van der Waals surface area contributed by atoms with Gasteiger partial charge in [-0.25, -0.2) is 8.42 Å². The van der Waals surface area contributed by atoms with Crippen molar-refractivity contribution in [2.75, 3.05) is 0 Å². The minimum absolute atomic E-state index is 0.188. The summed E-state index contributed by atoms with van der Waals surface area (Å²) in [5.41, 5.74) is 8.24. The van der Waals surface area contributed by atoms with Crippen molar-refractivity contribution >= 4 is 10.0 Å². The van der Waals surface area contributed by atoms with Gasteiger partial charge in [0.1, 0.15) is 5.69 Å². The number of nitrogens with two attached hydrogens (primary N) is 1. The lowest BCUT2D eigenvalue weighted by atomic mass is 10.0. The fourth-order valence-corrected chi connectivity index (χ4v) is 4.04. The number of hydrogen-bond acceptors (Lipinski definition) is 5. The average molecular weight is 371 g/mol. The van der Waals surface area contributed by atoms with Gasteiger partial charge >= 0.3 is 0 Å². The Labute approximate surface area is 152 Å². The van der Waals surface area contributed by atoms with Gasteiger partial charge in [0.2, 0.25) is 10.0 Å². The van der Waals surface area contributed by atoms with Gasteiger partial charge in [-0.3, -0.25) is 0 Å². The normalized spacial score (nSPS) is 12.3. The number of hydrogen-bond donors (Lipinski definition) is 3. The van der Waals surface area contributed by atoms with Crippen molar-refractivity contribution in [2.24, 2.45) is 5.73 Å². The fraction of sp³-hybridized carbons (Fsp3) is 0.222. The highest BCUT2D eigenvalue weighted by atomic mass is 32.2. The molecule has 3 aromatic rings. The number of sulfonamides is 1. The van der Waals surface area contributed by atoms with Crippen molar-refractivity contribution < 1.29 is 8.42 Å². The molecule has 3 rings (SSSR count). The molecule has 0 fully saturated rings. The Bertz CT molecular complexity index is 981. The number of aromatic amines is 1. The van der Waals surface area contributed by atoms with E-state index < -0.39 is 15.6 Å². The first-order valence-electron chi connectivity index (χ1n) is 8.11. The fourth-order valence-electron chi connectivity index (χ4n) is 2.65. The van der Waals surface area contributed by atoms with Crippen LogP contribution in [0.25, 0.3) is 11.1 Å². The summed E-state index contributed by atoms with van der Waals surface area (Å²) < 4.78 is 28.1. The van der Waals surface area contributed by atoms with E-state index in [1.165, 1.54) is 6.20 Å². The van der Waals surface area contributed by atoms with Crippen LogP contribution in [-0.2, 0) is 22.1 Å². The maximum Gasteiger partial charge on any atom is 0.241 e. The van der Waals surface area contributed by atoms with Gasteiger partial charge < -0.3 is 5.73 Å². The maximum atomic E-state index is 12.7. The maximum absolute atomic E-state index is 12.7. The van der Waals surface area contributed by atoms with E-state index in [0.29, 0.717) is 12.2 Å². The number of aromatic nitrogens is 3. The third-order valence-corrected chi connectivity index (χ3v) is 5.78. The van der Waals surface area contributed by atoms with Gasteiger partial charge in [0.15, 0.2) is 0 Å². The first-order chi connectivity index (χ1) is 12.3. The summed E-state index contributed by atoms with van der Waals surface area (Å²) in [4.78, 5) is 0.188. The monoisotopic (exact) mass is 371 g/mol. The Balaban J connectivity index is 1.85. The molecular formula is C18H21N5O2S. The van der Waals surface area contributed by atoms with E-state index in [0.717, 1.165) is 16.7 Å². The molecule has 0 aliphatic heterocycles. The lowest BCUT2D eigenvalue weighted by Crippen LogP contribution is -2.41. The van der Waals surface area contributed by atoms with Crippen molar-refractivity contribution in [1.29, 1.82) is 0 Å². The van der Waals surface area contributed by atoms with E-state index in [1.54, 1.807) is 38.1 Å². The molecule has 4 N–H and O–H groups in total. The van der Waals surface area contributed by atoms with Crippen LogP contribution in [-0.4, -0.2) is 23.8 Å². The Kier molecular flexibility index (Phi) is 4.90. The third-order valence-electron chi connectivity index (χ3n) is 4.11. The molecule has 0 saturated carbocycles. The Hall–Kier alpha value is -2.55. The van der Waals surface area contributed by atoms with Crippen LogP contribution in [0.15, 0.2) is 59.6 Å². The summed E-state index contributed by atoms with van der Waals surface area (Å²) >= 11 is 0. The molecule has 0 spiro atoms. The van der Waals surface area contributed by atoms with Gasteiger partial charge in [-0.2, -0.15) is 20.1 Å². The van der Waals surface area contributed by atoms with Crippen molar-refractivity contribution in [1.82, 2.24) is 20.1 Å². The van der Waals surface area contributed by atoms with Gasteiger partial charge in [0, 0.05) is 6.54 Å². The van der Waals surface area contributed by atoms with Crippen LogP contribution in [0.2, 0.25) is 0 Å². The molecular weight excluding hydrogens is 350 g/mol. The van der Waals surface area contributed by atoms with Gasteiger partial charge in [0.25, 0.3) is 0 Å². The summed E-state index contributed by atoms with van der Waals surface area (Å²) in [7, 11) is -3.71. The molecule has 0 saturated heterocycles. The molecule has 0 unspecified atom stereocenters. The SMILES string of the molecule is CC(C)(NS(=O)(=O)c1ccc(-c2cccc(CN)c2)cc1)c1cn[nH]n1. The van der Waals surface area contributed by atoms with E-state index in [-0.39, 0.29) is 4.90 Å². The highest BCUT2D eigenvalue weighted by Gasteiger charge is 2.30. The van der Waals surface area contributed by atoms with E-state index in [1.807, 2.05) is 24.3 Å². The number of rotatable bonds is 6. The van der Waals surface area contributed by atoms with Crippen LogP contribution < -0.4 is 10.5 Å². The smallest absolute Gasteiger partial charge is 0.241 e. The quantitative estimate of drug-likeness (QED) is 0.614. The second-order valence-corrected chi connectivity index (χ2v) is 8.20. The lowest BCUT2D eigenvalue weighted by Gasteiger charge is -2.23. The molecule has 2 aromatic carbocycles. The van der Waals surface area contributed by atoms with Crippen LogP contribution in [0, 0.1) is 0 Å². The Morgan fingerprint density at radius 1 is 1.12 bits per heavy atom. The molecule has 1 heterocycles. The van der Waals surface area contributed by atoms with Crippen molar-refractivity contribution in [2.45, 2.75) is 30.8 Å².